The molecule has 0 radical (unpaired) electrons. The number of hydrogen-bond donors (Lipinski definition) is 2. The molecule has 4 aromatic heterocycles. The van der Waals surface area contributed by atoms with Gasteiger partial charge in [0.15, 0.2) is 11.4 Å². The highest BCUT2D eigenvalue weighted by Crippen LogP contribution is 2.34. The van der Waals surface area contributed by atoms with Gasteiger partial charge in [0.05, 0.1) is 24.3 Å². The fourth-order valence-electron chi connectivity index (χ4n) is 3.78. The largest absolute Gasteiger partial charge is 0.432 e. The van der Waals surface area contributed by atoms with Gasteiger partial charge < -0.3 is 19.4 Å². The van der Waals surface area contributed by atoms with Crippen LogP contribution in [0.2, 0.25) is 0 Å². The molecule has 0 bridgehead atoms. The van der Waals surface area contributed by atoms with Crippen LogP contribution in [0.5, 0.6) is 0 Å². The predicted molar refractivity (Wildman–Crippen MR) is 125 cm³/mol. The van der Waals surface area contributed by atoms with E-state index in [9.17, 15) is 4.39 Å². The molecule has 1 saturated heterocycles. The van der Waals surface area contributed by atoms with Crippen LogP contribution in [0.3, 0.4) is 0 Å². The first-order chi connectivity index (χ1) is 15.7. The quantitative estimate of drug-likeness (QED) is 0.403. The predicted octanol–water partition coefficient (Wildman–Crippen LogP) is 4.30. The zero-order valence-corrected chi connectivity index (χ0v) is 18.1. The van der Waals surface area contributed by atoms with Gasteiger partial charge in [0.1, 0.15) is 17.2 Å². The molecule has 0 saturated carbocycles. The molecule has 1 aromatic carbocycles. The van der Waals surface area contributed by atoms with Crippen molar-refractivity contribution in [2.75, 3.05) is 36.5 Å². The van der Waals surface area contributed by atoms with Crippen LogP contribution in [0, 0.1) is 5.82 Å². The third-order valence-electron chi connectivity index (χ3n) is 5.35. The van der Waals surface area contributed by atoms with Gasteiger partial charge >= 0.3 is 0 Å². The van der Waals surface area contributed by atoms with Crippen molar-refractivity contribution in [3.8, 4) is 11.3 Å². The van der Waals surface area contributed by atoms with Crippen molar-refractivity contribution in [3.63, 3.8) is 0 Å². The number of hydrogen-bond acceptors (Lipinski definition) is 8. The van der Waals surface area contributed by atoms with Crippen molar-refractivity contribution in [1.29, 1.82) is 0 Å². The Morgan fingerprint density at radius 2 is 1.88 bits per heavy atom. The van der Waals surface area contributed by atoms with Gasteiger partial charge in [0, 0.05) is 30.9 Å². The van der Waals surface area contributed by atoms with E-state index in [1.54, 1.807) is 18.3 Å². The molecular formula is C22H19ClFN7O2. The Hall–Kier alpha value is -3.76. The second kappa shape index (κ2) is 8.64. The molecular weight excluding hydrogens is 449 g/mol. The Bertz CT molecular complexity index is 1410. The van der Waals surface area contributed by atoms with E-state index in [4.69, 9.17) is 19.1 Å². The number of aromatic amines is 1. The molecule has 9 nitrogen and oxygen atoms in total. The van der Waals surface area contributed by atoms with Gasteiger partial charge in [-0.2, -0.15) is 10.1 Å². The minimum absolute atomic E-state index is 0. The summed E-state index contributed by atoms with van der Waals surface area (Å²) in [5, 5.41) is 11.3. The summed E-state index contributed by atoms with van der Waals surface area (Å²) in [4.78, 5) is 15.9. The zero-order chi connectivity index (χ0) is 21.5. The third-order valence-corrected chi connectivity index (χ3v) is 5.35. The molecule has 5 aromatic rings. The summed E-state index contributed by atoms with van der Waals surface area (Å²) in [5.74, 6) is 1.42. The topological polar surface area (TPSA) is 105 Å². The van der Waals surface area contributed by atoms with Crippen molar-refractivity contribution in [1.82, 2.24) is 25.1 Å². The lowest BCUT2D eigenvalue weighted by molar-refractivity contribution is 0.122. The molecule has 1 aliphatic heterocycles. The minimum Gasteiger partial charge on any atom is -0.432 e. The van der Waals surface area contributed by atoms with Gasteiger partial charge in [-0.1, -0.05) is 0 Å². The van der Waals surface area contributed by atoms with E-state index in [0.29, 0.717) is 66.4 Å². The Morgan fingerprint density at radius 3 is 2.70 bits per heavy atom. The number of nitrogens with one attached hydrogen (secondary N) is 2. The normalized spacial score (nSPS) is 13.9. The van der Waals surface area contributed by atoms with E-state index >= 15 is 0 Å². The van der Waals surface area contributed by atoms with Crippen LogP contribution in [-0.2, 0) is 4.74 Å². The van der Waals surface area contributed by atoms with Gasteiger partial charge in [-0.15, -0.1) is 12.4 Å². The van der Waals surface area contributed by atoms with Gasteiger partial charge in [-0.3, -0.25) is 5.10 Å². The summed E-state index contributed by atoms with van der Waals surface area (Å²) in [6, 6.07) is 11.8. The van der Waals surface area contributed by atoms with Crippen molar-refractivity contribution < 1.29 is 13.5 Å². The summed E-state index contributed by atoms with van der Waals surface area (Å²) in [7, 11) is 0. The number of halogens is 2. The number of anilines is 3. The second-order valence-corrected chi connectivity index (χ2v) is 7.40. The Kier molecular flexibility index (Phi) is 5.53. The first kappa shape index (κ1) is 21.1. The molecule has 0 unspecified atom stereocenters. The van der Waals surface area contributed by atoms with Gasteiger partial charge in [-0.05, 0) is 36.4 Å². The van der Waals surface area contributed by atoms with E-state index in [1.165, 1.54) is 12.1 Å². The van der Waals surface area contributed by atoms with E-state index in [-0.39, 0.29) is 18.2 Å². The van der Waals surface area contributed by atoms with Crippen molar-refractivity contribution in [2.24, 2.45) is 0 Å². The number of benzene rings is 1. The summed E-state index contributed by atoms with van der Waals surface area (Å²) < 4.78 is 24.7. The molecule has 1 aliphatic rings. The third kappa shape index (κ3) is 3.94. The summed E-state index contributed by atoms with van der Waals surface area (Å²) in [6.45, 7) is 2.65. The highest BCUT2D eigenvalue weighted by atomic mass is 35.5. The Morgan fingerprint density at radius 1 is 1.06 bits per heavy atom. The fraction of sp³-hybridized carbons (Fsp3) is 0.182. The maximum atomic E-state index is 13.2. The molecule has 0 spiro atoms. The molecule has 1 fully saturated rings. The monoisotopic (exact) mass is 467 g/mol. The van der Waals surface area contributed by atoms with E-state index < -0.39 is 0 Å². The van der Waals surface area contributed by atoms with Crippen LogP contribution in [0.1, 0.15) is 0 Å². The molecule has 0 aliphatic carbocycles. The maximum absolute atomic E-state index is 13.2. The zero-order valence-electron chi connectivity index (χ0n) is 17.3. The number of rotatable bonds is 4. The average molecular weight is 468 g/mol. The number of furan rings is 1. The molecule has 11 heteroatoms. The fourth-order valence-corrected chi connectivity index (χ4v) is 3.78. The molecule has 5 heterocycles. The highest BCUT2D eigenvalue weighted by Gasteiger charge is 2.22. The lowest BCUT2D eigenvalue weighted by atomic mass is 10.1. The lowest BCUT2D eigenvalue weighted by Gasteiger charge is -2.27. The smallest absolute Gasteiger partial charge is 0.231 e. The van der Waals surface area contributed by atoms with Gasteiger partial charge in [0.2, 0.25) is 11.7 Å². The van der Waals surface area contributed by atoms with Crippen molar-refractivity contribution >= 4 is 52.2 Å². The van der Waals surface area contributed by atoms with Crippen LogP contribution in [0.15, 0.2) is 53.1 Å². The standard InChI is InChI=1S/C22H18FN7O2.ClH/c23-14-5-3-13(4-6-14)16-12-17(29-28-16)25-22-26-18-15-2-1-7-24-21(15)32-19(18)20(27-22)30-8-10-31-11-9-30;/h1-7,12H,8-11H2,(H2,25,26,27,28,29);1H. The van der Waals surface area contributed by atoms with Crippen LogP contribution < -0.4 is 10.2 Å². The molecule has 168 valence electrons. The number of H-pyrrole nitrogens is 1. The highest BCUT2D eigenvalue weighted by molar-refractivity contribution is 6.05. The van der Waals surface area contributed by atoms with Crippen LogP contribution in [0.25, 0.3) is 33.5 Å². The molecule has 33 heavy (non-hydrogen) atoms. The molecule has 0 atom stereocenters. The number of aromatic nitrogens is 5. The van der Waals surface area contributed by atoms with Crippen molar-refractivity contribution in [3.05, 3.63) is 54.5 Å². The summed E-state index contributed by atoms with van der Waals surface area (Å²) in [5.41, 5.74) is 3.28. The second-order valence-electron chi connectivity index (χ2n) is 7.40. The average Bonchev–Trinajstić information content (AvgIpc) is 3.44. The Labute approximate surface area is 193 Å². The minimum atomic E-state index is -0.290. The maximum Gasteiger partial charge on any atom is 0.231 e. The van der Waals surface area contributed by atoms with E-state index in [1.807, 2.05) is 18.2 Å². The van der Waals surface area contributed by atoms with Crippen molar-refractivity contribution in [2.45, 2.75) is 0 Å². The SMILES string of the molecule is Cl.Fc1ccc(-c2cc(Nc3nc(N4CCOCC4)c4oc5ncccc5c4n3)[nH]n2)cc1. The Balaban J connectivity index is 0.00000228. The number of fused-ring (bicyclic) bond motifs is 3. The van der Waals surface area contributed by atoms with Crippen LogP contribution in [-0.4, -0.2) is 51.5 Å². The number of nitrogens with zero attached hydrogens (tertiary/aromatic N) is 5. The molecule has 2 N–H and O–H groups in total. The van der Waals surface area contributed by atoms with Gasteiger partial charge in [-0.25, -0.2) is 14.4 Å². The summed E-state index contributed by atoms with van der Waals surface area (Å²) >= 11 is 0. The van der Waals surface area contributed by atoms with E-state index in [2.05, 4.69) is 25.4 Å². The molecule has 6 rings (SSSR count). The number of morpholine rings is 1. The van der Waals surface area contributed by atoms with Crippen LogP contribution in [0.4, 0.5) is 22.0 Å². The molecule has 0 amide bonds. The lowest BCUT2D eigenvalue weighted by Crippen LogP contribution is -2.37. The number of pyridine rings is 1. The van der Waals surface area contributed by atoms with Gasteiger partial charge in [0.25, 0.3) is 0 Å². The first-order valence-electron chi connectivity index (χ1n) is 10.2. The van der Waals surface area contributed by atoms with Crippen LogP contribution >= 0.6 is 12.4 Å². The summed E-state index contributed by atoms with van der Waals surface area (Å²) in [6.07, 6.45) is 1.69. The first-order valence-corrected chi connectivity index (χ1v) is 10.2. The van der Waals surface area contributed by atoms with E-state index in [0.717, 1.165) is 10.9 Å². The number of ether oxygens (including phenoxy) is 1.